The molecule has 0 aromatic heterocycles. The molecule has 0 heterocycles. The van der Waals surface area contributed by atoms with Crippen molar-refractivity contribution in [3.63, 3.8) is 0 Å². The van der Waals surface area contributed by atoms with Crippen molar-refractivity contribution in [2.24, 2.45) is 0 Å². The highest BCUT2D eigenvalue weighted by atomic mass is 16.5. The molecule has 0 aromatic rings. The maximum Gasteiger partial charge on any atom is 0.305 e. The fraction of sp³-hybridized carbons (Fsp3) is 0.933. The Kier molecular flexibility index (Phi) is 40.2. The Morgan fingerprint density at radius 1 is 0.491 bits per heavy atom. The van der Waals surface area contributed by atoms with Crippen LogP contribution in [0.2, 0.25) is 0 Å². The Morgan fingerprint density at radius 3 is 1.06 bits per heavy atom. The van der Waals surface area contributed by atoms with Gasteiger partial charge in [0.15, 0.2) is 0 Å². The fourth-order valence-electron chi connectivity index (χ4n) is 6.94. The van der Waals surface area contributed by atoms with Gasteiger partial charge in [-0.2, -0.15) is 0 Å². The van der Waals surface area contributed by atoms with Crippen LogP contribution >= 0.6 is 0 Å². The minimum atomic E-state index is -0.505. The highest BCUT2D eigenvalue weighted by Gasteiger charge is 2.21. The lowest BCUT2D eigenvalue weighted by atomic mass is 10.0. The van der Waals surface area contributed by atoms with Crippen molar-refractivity contribution >= 4 is 17.8 Å². The molecule has 0 radical (unpaired) electrons. The second-order valence-corrected chi connectivity index (χ2v) is 15.6. The quantitative estimate of drug-likeness (QED) is 0.0472. The van der Waals surface area contributed by atoms with Crippen molar-refractivity contribution in [2.45, 2.75) is 232 Å². The van der Waals surface area contributed by atoms with E-state index in [9.17, 15) is 14.4 Å². The van der Waals surface area contributed by atoms with E-state index in [0.29, 0.717) is 19.4 Å². The van der Waals surface area contributed by atoms with Crippen LogP contribution in [0.5, 0.6) is 0 Å². The lowest BCUT2D eigenvalue weighted by molar-refractivity contribution is -0.148. The molecule has 0 saturated heterocycles. The minimum Gasteiger partial charge on any atom is -0.464 e. The summed E-state index contributed by atoms with van der Waals surface area (Å²) in [6, 6.07) is -0.505. The third-order valence-corrected chi connectivity index (χ3v) is 10.5. The zero-order valence-electron chi connectivity index (χ0n) is 35.4. The number of hydrogen-bond donors (Lipinski definition) is 2. The summed E-state index contributed by atoms with van der Waals surface area (Å²) in [7, 11) is 0. The number of nitrogens with zero attached hydrogens (tertiary/aromatic N) is 1. The van der Waals surface area contributed by atoms with E-state index in [0.717, 1.165) is 38.5 Å². The number of ether oxygens (including phenoxy) is 2. The average molecular weight is 753 g/mol. The number of esters is 2. The van der Waals surface area contributed by atoms with Crippen LogP contribution in [0, 0.1) is 0 Å². The molecule has 1 amide bonds. The number of rotatable bonds is 42. The molecule has 8 nitrogen and oxygen atoms in total. The smallest absolute Gasteiger partial charge is 0.305 e. The molecule has 314 valence electrons. The van der Waals surface area contributed by atoms with Gasteiger partial charge < -0.3 is 24.8 Å². The van der Waals surface area contributed by atoms with Crippen LogP contribution in [0.3, 0.4) is 0 Å². The average Bonchev–Trinajstić information content (AvgIpc) is 3.16. The number of aliphatic hydroxyl groups is 1. The van der Waals surface area contributed by atoms with Gasteiger partial charge in [-0.25, -0.2) is 0 Å². The van der Waals surface area contributed by atoms with Gasteiger partial charge in [-0.3, -0.25) is 14.4 Å². The van der Waals surface area contributed by atoms with Crippen LogP contribution in [-0.2, 0) is 23.9 Å². The van der Waals surface area contributed by atoms with Gasteiger partial charge in [0, 0.05) is 19.4 Å². The Hall–Kier alpha value is -1.67. The van der Waals surface area contributed by atoms with E-state index in [1.807, 2.05) is 0 Å². The van der Waals surface area contributed by atoms with Crippen molar-refractivity contribution in [1.82, 2.24) is 10.2 Å². The van der Waals surface area contributed by atoms with Crippen LogP contribution in [0.25, 0.3) is 0 Å². The van der Waals surface area contributed by atoms with E-state index >= 15 is 0 Å². The molecule has 0 saturated carbocycles. The first-order valence-corrected chi connectivity index (χ1v) is 22.9. The second kappa shape index (κ2) is 41.5. The van der Waals surface area contributed by atoms with E-state index in [-0.39, 0.29) is 50.8 Å². The molecule has 0 bridgehead atoms. The molecule has 1 unspecified atom stereocenters. The Labute approximate surface area is 328 Å². The number of hydrogen-bond acceptors (Lipinski definition) is 7. The lowest BCUT2D eigenvalue weighted by Gasteiger charge is -2.26. The van der Waals surface area contributed by atoms with Crippen LogP contribution in [0.15, 0.2) is 0 Å². The number of carbonyl (C=O) groups excluding carboxylic acids is 3. The van der Waals surface area contributed by atoms with E-state index in [1.165, 1.54) is 154 Å². The summed E-state index contributed by atoms with van der Waals surface area (Å²) >= 11 is 0. The zero-order valence-corrected chi connectivity index (χ0v) is 35.4. The van der Waals surface area contributed by atoms with Gasteiger partial charge in [-0.15, -0.1) is 0 Å². The summed E-state index contributed by atoms with van der Waals surface area (Å²) < 4.78 is 10.9. The van der Waals surface area contributed by atoms with E-state index in [4.69, 9.17) is 14.6 Å². The van der Waals surface area contributed by atoms with Gasteiger partial charge in [0.25, 0.3) is 0 Å². The molecule has 8 heteroatoms. The molecule has 53 heavy (non-hydrogen) atoms. The largest absolute Gasteiger partial charge is 0.464 e. The van der Waals surface area contributed by atoms with Crippen molar-refractivity contribution in [3.8, 4) is 0 Å². The molecule has 1 atom stereocenters. The number of amides is 1. The maximum absolute atomic E-state index is 13.1. The Balaban J connectivity index is 4.01. The monoisotopic (exact) mass is 753 g/mol. The van der Waals surface area contributed by atoms with Gasteiger partial charge in [-0.05, 0) is 19.8 Å². The normalized spacial score (nSPS) is 11.8. The first-order valence-electron chi connectivity index (χ1n) is 22.9. The van der Waals surface area contributed by atoms with Crippen molar-refractivity contribution in [1.29, 1.82) is 0 Å². The SMILES string of the molecule is CCCCCCCCCCCCCCCCCC(=O)OCCN(CCOC(=O)CCCCCCCCCCCCCCCCC)C(=O)C(C)NCCO. The van der Waals surface area contributed by atoms with Crippen molar-refractivity contribution in [2.75, 3.05) is 39.5 Å². The minimum absolute atomic E-state index is 0.0640. The molecular formula is C45H88N2O6. The highest BCUT2D eigenvalue weighted by Crippen LogP contribution is 2.15. The van der Waals surface area contributed by atoms with Crippen LogP contribution in [-0.4, -0.2) is 73.3 Å². The molecule has 0 aromatic carbocycles. The second-order valence-electron chi connectivity index (χ2n) is 15.6. The van der Waals surface area contributed by atoms with E-state index in [1.54, 1.807) is 11.8 Å². The summed E-state index contributed by atoms with van der Waals surface area (Å²) in [5, 5.41) is 12.1. The van der Waals surface area contributed by atoms with Crippen LogP contribution in [0.1, 0.15) is 226 Å². The van der Waals surface area contributed by atoms with E-state index in [2.05, 4.69) is 19.2 Å². The topological polar surface area (TPSA) is 105 Å². The Morgan fingerprint density at radius 2 is 0.774 bits per heavy atom. The van der Waals surface area contributed by atoms with E-state index < -0.39 is 6.04 Å². The number of nitrogens with one attached hydrogen (secondary N) is 1. The molecule has 0 fully saturated rings. The summed E-state index contributed by atoms with van der Waals surface area (Å²) in [6.07, 6.45) is 39.3. The van der Waals surface area contributed by atoms with Crippen LogP contribution in [0.4, 0.5) is 0 Å². The summed E-state index contributed by atoms with van der Waals surface area (Å²) in [6.45, 7) is 7.24. The van der Waals surface area contributed by atoms with Gasteiger partial charge in [0.2, 0.25) is 5.91 Å². The molecule has 2 N–H and O–H groups in total. The molecule has 0 spiro atoms. The fourth-order valence-corrected chi connectivity index (χ4v) is 6.94. The zero-order chi connectivity index (χ0) is 38.9. The number of unbranched alkanes of at least 4 members (excludes halogenated alkanes) is 28. The lowest BCUT2D eigenvalue weighted by Crippen LogP contribution is -2.48. The number of carbonyl (C=O) groups is 3. The first-order chi connectivity index (χ1) is 26.0. The van der Waals surface area contributed by atoms with Gasteiger partial charge in [0.1, 0.15) is 13.2 Å². The van der Waals surface area contributed by atoms with Gasteiger partial charge in [-0.1, -0.05) is 194 Å². The third-order valence-electron chi connectivity index (χ3n) is 10.5. The molecule has 0 rings (SSSR count). The van der Waals surface area contributed by atoms with Crippen LogP contribution < -0.4 is 5.32 Å². The predicted molar refractivity (Wildman–Crippen MR) is 222 cm³/mol. The summed E-state index contributed by atoms with van der Waals surface area (Å²) in [5.74, 6) is -0.627. The number of aliphatic hydroxyl groups excluding tert-OH is 1. The predicted octanol–water partition coefficient (Wildman–Crippen LogP) is 11.4. The van der Waals surface area contributed by atoms with Crippen molar-refractivity contribution in [3.05, 3.63) is 0 Å². The molecular weight excluding hydrogens is 665 g/mol. The third kappa shape index (κ3) is 37.0. The Bertz CT molecular complexity index is 758. The first kappa shape index (κ1) is 51.3. The standard InChI is InChI=1S/C45H88N2O6/c1-4-6-8-10-12-14-16-18-20-22-24-26-28-30-32-34-43(49)52-40-37-47(45(51)42(3)46-36-39-48)38-41-53-44(50)35-33-31-29-27-25-23-21-19-17-15-13-11-9-7-5-2/h42,46,48H,4-41H2,1-3H3. The van der Waals surface area contributed by atoms with Gasteiger partial charge in [0.05, 0.1) is 25.7 Å². The van der Waals surface area contributed by atoms with Gasteiger partial charge >= 0.3 is 11.9 Å². The molecule has 0 aliphatic carbocycles. The molecule has 0 aliphatic heterocycles. The maximum atomic E-state index is 13.1. The highest BCUT2D eigenvalue weighted by molar-refractivity contribution is 5.81. The molecule has 0 aliphatic rings. The summed E-state index contributed by atoms with van der Waals surface area (Å²) in [4.78, 5) is 39.3. The summed E-state index contributed by atoms with van der Waals surface area (Å²) in [5.41, 5.74) is 0. The van der Waals surface area contributed by atoms with Crippen molar-refractivity contribution < 1.29 is 29.0 Å².